The Morgan fingerprint density at radius 3 is 2.84 bits per heavy atom. The van der Waals surface area contributed by atoms with E-state index < -0.39 is 0 Å². The van der Waals surface area contributed by atoms with E-state index in [1.807, 2.05) is 36.4 Å². The Morgan fingerprint density at radius 2 is 2.00 bits per heavy atom. The third-order valence-electron chi connectivity index (χ3n) is 3.81. The van der Waals surface area contributed by atoms with Crippen LogP contribution in [0.15, 0.2) is 65.7 Å². The van der Waals surface area contributed by atoms with Crippen LogP contribution in [0.1, 0.15) is 5.56 Å². The maximum Gasteiger partial charge on any atom is 0.270 e. The topological polar surface area (TPSA) is 53.4 Å². The van der Waals surface area contributed by atoms with Crippen LogP contribution in [0.3, 0.4) is 0 Å². The second kappa shape index (κ2) is 6.31. The van der Waals surface area contributed by atoms with E-state index in [9.17, 15) is 9.90 Å². The third kappa shape index (κ3) is 3.01. The molecule has 0 bridgehead atoms. The number of carbonyl (C=O) groups excluding carboxylic acids is 1. The molecular formula is C19H12N2O2S2. The summed E-state index contributed by atoms with van der Waals surface area (Å²) in [6.07, 6.45) is 3.58. The van der Waals surface area contributed by atoms with E-state index in [0.717, 1.165) is 16.5 Å². The highest BCUT2D eigenvalue weighted by molar-refractivity contribution is 8.27. The minimum absolute atomic E-state index is 0.0950. The first kappa shape index (κ1) is 15.8. The van der Waals surface area contributed by atoms with Crippen LogP contribution in [0, 0.1) is 0 Å². The molecule has 25 heavy (non-hydrogen) atoms. The molecule has 1 fully saturated rings. The van der Waals surface area contributed by atoms with Gasteiger partial charge in [0.05, 0.1) is 16.1 Å². The Labute approximate surface area is 153 Å². The molecule has 0 unspecified atom stereocenters. The summed E-state index contributed by atoms with van der Waals surface area (Å²) in [4.78, 5) is 19.0. The van der Waals surface area contributed by atoms with Crippen molar-refractivity contribution in [3.8, 4) is 5.75 Å². The van der Waals surface area contributed by atoms with Crippen LogP contribution in [-0.2, 0) is 4.79 Å². The van der Waals surface area contributed by atoms with Gasteiger partial charge < -0.3 is 5.11 Å². The summed E-state index contributed by atoms with van der Waals surface area (Å²) in [6.45, 7) is 0. The highest BCUT2D eigenvalue weighted by atomic mass is 32.2. The minimum atomic E-state index is -0.188. The SMILES string of the molecule is O=C1/C(=C\c2ccc3ncccc3c2)SC(=S)N1c1cccc(O)c1. The summed E-state index contributed by atoms with van der Waals surface area (Å²) in [7, 11) is 0. The van der Waals surface area contributed by atoms with Crippen molar-refractivity contribution < 1.29 is 9.90 Å². The molecule has 1 aliphatic heterocycles. The van der Waals surface area contributed by atoms with Gasteiger partial charge in [0.25, 0.3) is 5.91 Å². The quantitative estimate of drug-likeness (QED) is 0.541. The number of anilines is 1. The number of aromatic nitrogens is 1. The van der Waals surface area contributed by atoms with E-state index in [1.54, 1.807) is 24.4 Å². The molecule has 0 radical (unpaired) electrons. The highest BCUT2D eigenvalue weighted by Gasteiger charge is 2.33. The summed E-state index contributed by atoms with van der Waals surface area (Å²) < 4.78 is 0.448. The summed E-state index contributed by atoms with van der Waals surface area (Å²) >= 11 is 6.60. The van der Waals surface area contributed by atoms with Crippen molar-refractivity contribution >= 4 is 56.9 Å². The van der Waals surface area contributed by atoms with Gasteiger partial charge in [-0.05, 0) is 42.0 Å². The molecule has 0 saturated carbocycles. The van der Waals surface area contributed by atoms with Crippen molar-refractivity contribution in [1.82, 2.24) is 4.98 Å². The number of pyridine rings is 1. The number of aromatic hydroxyl groups is 1. The average molecular weight is 364 g/mol. The number of hydrogen-bond donors (Lipinski definition) is 1. The van der Waals surface area contributed by atoms with Crippen LogP contribution >= 0.6 is 24.0 Å². The standard InChI is InChI=1S/C19H12N2O2S2/c22-15-5-1-4-14(11-15)21-18(23)17(25-19(21)24)10-12-6-7-16-13(9-12)3-2-8-20-16/h1-11,22H/b17-10+. The van der Waals surface area contributed by atoms with Crippen LogP contribution in [-0.4, -0.2) is 20.3 Å². The molecule has 4 rings (SSSR count). The van der Waals surface area contributed by atoms with E-state index >= 15 is 0 Å². The van der Waals surface area contributed by atoms with Crippen LogP contribution in [0.5, 0.6) is 5.75 Å². The molecule has 0 spiro atoms. The maximum atomic E-state index is 12.8. The van der Waals surface area contributed by atoms with Gasteiger partial charge >= 0.3 is 0 Å². The highest BCUT2D eigenvalue weighted by Crippen LogP contribution is 2.37. The summed E-state index contributed by atoms with van der Waals surface area (Å²) in [5.41, 5.74) is 2.39. The van der Waals surface area contributed by atoms with Gasteiger partial charge in [-0.25, -0.2) is 0 Å². The second-order valence-electron chi connectivity index (χ2n) is 5.49. The van der Waals surface area contributed by atoms with Gasteiger partial charge in [0.2, 0.25) is 0 Å². The number of amides is 1. The number of benzene rings is 2. The van der Waals surface area contributed by atoms with Crippen LogP contribution in [0.2, 0.25) is 0 Å². The van der Waals surface area contributed by atoms with E-state index in [0.29, 0.717) is 14.9 Å². The fourth-order valence-electron chi connectivity index (χ4n) is 2.66. The first-order valence-corrected chi connectivity index (χ1v) is 8.76. The number of rotatable bonds is 2. The smallest absolute Gasteiger partial charge is 0.270 e. The fourth-order valence-corrected chi connectivity index (χ4v) is 3.96. The summed E-state index contributed by atoms with van der Waals surface area (Å²) in [5, 5.41) is 10.7. The van der Waals surface area contributed by atoms with Crippen molar-refractivity contribution in [2.45, 2.75) is 0 Å². The van der Waals surface area contributed by atoms with Gasteiger partial charge in [-0.15, -0.1) is 0 Å². The average Bonchev–Trinajstić information content (AvgIpc) is 2.88. The number of carbonyl (C=O) groups is 1. The maximum absolute atomic E-state index is 12.8. The largest absolute Gasteiger partial charge is 0.508 e. The van der Waals surface area contributed by atoms with Crippen molar-refractivity contribution in [1.29, 1.82) is 0 Å². The lowest BCUT2D eigenvalue weighted by Crippen LogP contribution is -2.27. The molecule has 122 valence electrons. The lowest BCUT2D eigenvalue weighted by molar-refractivity contribution is -0.113. The van der Waals surface area contributed by atoms with Crippen LogP contribution in [0.25, 0.3) is 17.0 Å². The molecular weight excluding hydrogens is 352 g/mol. The molecule has 1 saturated heterocycles. The zero-order valence-corrected chi connectivity index (χ0v) is 14.6. The van der Waals surface area contributed by atoms with E-state index in [1.165, 1.54) is 22.7 Å². The zero-order valence-electron chi connectivity index (χ0n) is 12.9. The van der Waals surface area contributed by atoms with Gasteiger partial charge in [0.15, 0.2) is 4.32 Å². The predicted molar refractivity (Wildman–Crippen MR) is 106 cm³/mol. The molecule has 0 aliphatic carbocycles. The number of thiocarbonyl (C=S) groups is 1. The fraction of sp³-hybridized carbons (Fsp3) is 0. The van der Waals surface area contributed by atoms with Gasteiger partial charge in [0.1, 0.15) is 5.75 Å². The predicted octanol–water partition coefficient (Wildman–Crippen LogP) is 4.35. The summed E-state index contributed by atoms with van der Waals surface area (Å²) in [6, 6.07) is 16.2. The Kier molecular flexibility index (Phi) is 3.99. The van der Waals surface area contributed by atoms with Crippen molar-refractivity contribution in [2.75, 3.05) is 4.90 Å². The molecule has 1 aliphatic rings. The van der Waals surface area contributed by atoms with Crippen molar-refractivity contribution in [2.24, 2.45) is 0 Å². The molecule has 4 nitrogen and oxygen atoms in total. The van der Waals surface area contributed by atoms with E-state index in [4.69, 9.17) is 12.2 Å². The first-order chi connectivity index (χ1) is 12.1. The van der Waals surface area contributed by atoms with Crippen molar-refractivity contribution in [3.05, 3.63) is 71.3 Å². The molecule has 6 heteroatoms. The molecule has 1 aromatic heterocycles. The number of nitrogens with zero attached hydrogens (tertiary/aromatic N) is 2. The van der Waals surface area contributed by atoms with Gasteiger partial charge in [0, 0.05) is 17.6 Å². The molecule has 0 atom stereocenters. The second-order valence-corrected chi connectivity index (χ2v) is 7.17. The third-order valence-corrected chi connectivity index (χ3v) is 5.11. The van der Waals surface area contributed by atoms with E-state index in [2.05, 4.69) is 4.98 Å². The zero-order chi connectivity index (χ0) is 17.4. The Morgan fingerprint density at radius 1 is 1.12 bits per heavy atom. The van der Waals surface area contributed by atoms with E-state index in [-0.39, 0.29) is 11.7 Å². The summed E-state index contributed by atoms with van der Waals surface area (Å²) in [5.74, 6) is -0.0931. The molecule has 2 heterocycles. The Hall–Kier alpha value is -2.70. The lowest BCUT2D eigenvalue weighted by Gasteiger charge is -2.14. The van der Waals surface area contributed by atoms with Crippen LogP contribution < -0.4 is 4.90 Å². The van der Waals surface area contributed by atoms with Gasteiger partial charge in [-0.2, -0.15) is 0 Å². The minimum Gasteiger partial charge on any atom is -0.508 e. The number of phenolic OH excluding ortho intramolecular Hbond substituents is 1. The molecule has 1 amide bonds. The number of phenols is 1. The number of thioether (sulfide) groups is 1. The molecule has 1 N–H and O–H groups in total. The number of fused-ring (bicyclic) bond motifs is 1. The molecule has 3 aromatic rings. The monoisotopic (exact) mass is 364 g/mol. The van der Waals surface area contributed by atoms with Gasteiger partial charge in [-0.3, -0.25) is 14.7 Å². The van der Waals surface area contributed by atoms with Crippen molar-refractivity contribution in [3.63, 3.8) is 0 Å². The van der Waals surface area contributed by atoms with Crippen LogP contribution in [0.4, 0.5) is 5.69 Å². The molecule has 2 aromatic carbocycles. The lowest BCUT2D eigenvalue weighted by atomic mass is 10.1. The van der Waals surface area contributed by atoms with Gasteiger partial charge in [-0.1, -0.05) is 42.2 Å². The first-order valence-electron chi connectivity index (χ1n) is 7.53. The Bertz CT molecular complexity index is 1050. The normalized spacial score (nSPS) is 16.2. The Balaban J connectivity index is 1.69. The number of hydrogen-bond acceptors (Lipinski definition) is 5.